The van der Waals surface area contributed by atoms with Gasteiger partial charge in [0, 0.05) is 13.1 Å². The number of carboxylic acids is 1. The van der Waals surface area contributed by atoms with Gasteiger partial charge in [-0.05, 0) is 37.8 Å². The summed E-state index contributed by atoms with van der Waals surface area (Å²) in [7, 11) is 0. The van der Waals surface area contributed by atoms with E-state index in [1.807, 2.05) is 19.9 Å². The topological polar surface area (TPSA) is 57.6 Å². The van der Waals surface area contributed by atoms with E-state index in [0.29, 0.717) is 24.2 Å². The average molecular weight is 277 g/mol. The maximum Gasteiger partial charge on any atom is 0.336 e. The summed E-state index contributed by atoms with van der Waals surface area (Å²) < 4.78 is 0. The molecule has 0 aliphatic heterocycles. The van der Waals surface area contributed by atoms with Crippen molar-refractivity contribution in [2.24, 2.45) is 0 Å². The average Bonchev–Trinajstić information content (AvgIpc) is 2.39. The Morgan fingerprint density at radius 3 is 1.85 bits per heavy atom. The SMILES string of the molecule is CCCN(CCC)C(=O)c1c(C)ccc(C)c1C(=O)O. The van der Waals surface area contributed by atoms with Crippen molar-refractivity contribution in [3.8, 4) is 0 Å². The summed E-state index contributed by atoms with van der Waals surface area (Å²) in [5, 5.41) is 9.39. The van der Waals surface area contributed by atoms with Gasteiger partial charge >= 0.3 is 5.97 Å². The van der Waals surface area contributed by atoms with Crippen LogP contribution in [-0.2, 0) is 0 Å². The molecule has 0 radical (unpaired) electrons. The summed E-state index contributed by atoms with van der Waals surface area (Å²) in [5.74, 6) is -1.21. The van der Waals surface area contributed by atoms with Crippen LogP contribution in [0.2, 0.25) is 0 Å². The third-order valence-corrected chi connectivity index (χ3v) is 3.32. The van der Waals surface area contributed by atoms with Gasteiger partial charge in [-0.3, -0.25) is 4.79 Å². The molecule has 0 aliphatic carbocycles. The van der Waals surface area contributed by atoms with Gasteiger partial charge in [0.25, 0.3) is 5.91 Å². The lowest BCUT2D eigenvalue weighted by atomic mass is 9.96. The van der Waals surface area contributed by atoms with Gasteiger partial charge in [-0.2, -0.15) is 0 Å². The molecule has 1 aromatic carbocycles. The molecular formula is C16H23NO3. The molecule has 110 valence electrons. The van der Waals surface area contributed by atoms with Crippen LogP contribution in [0.25, 0.3) is 0 Å². The number of nitrogens with zero attached hydrogens (tertiary/aromatic N) is 1. The Morgan fingerprint density at radius 2 is 1.45 bits per heavy atom. The first-order chi connectivity index (χ1) is 9.43. The molecule has 0 heterocycles. The third kappa shape index (κ3) is 3.38. The van der Waals surface area contributed by atoms with Gasteiger partial charge in [-0.15, -0.1) is 0 Å². The van der Waals surface area contributed by atoms with E-state index in [0.717, 1.165) is 18.4 Å². The Morgan fingerprint density at radius 1 is 1.00 bits per heavy atom. The highest BCUT2D eigenvalue weighted by molar-refractivity contribution is 6.06. The molecule has 0 spiro atoms. The predicted molar refractivity (Wildman–Crippen MR) is 79.4 cm³/mol. The summed E-state index contributed by atoms with van der Waals surface area (Å²) >= 11 is 0. The monoisotopic (exact) mass is 277 g/mol. The Labute approximate surface area is 120 Å². The van der Waals surface area contributed by atoms with Crippen molar-refractivity contribution in [2.75, 3.05) is 13.1 Å². The highest BCUT2D eigenvalue weighted by Gasteiger charge is 2.24. The summed E-state index contributed by atoms with van der Waals surface area (Å²) in [5.41, 5.74) is 1.81. The summed E-state index contributed by atoms with van der Waals surface area (Å²) in [6, 6.07) is 3.56. The second-order valence-corrected chi connectivity index (χ2v) is 5.05. The zero-order chi connectivity index (χ0) is 15.3. The van der Waals surface area contributed by atoms with Gasteiger partial charge in [0.05, 0.1) is 11.1 Å². The Kier molecular flexibility index (Phi) is 5.74. The van der Waals surface area contributed by atoms with Gasteiger partial charge in [-0.1, -0.05) is 26.0 Å². The third-order valence-electron chi connectivity index (χ3n) is 3.32. The molecule has 0 bridgehead atoms. The van der Waals surface area contributed by atoms with E-state index >= 15 is 0 Å². The number of rotatable bonds is 6. The van der Waals surface area contributed by atoms with E-state index in [1.165, 1.54) is 0 Å². The van der Waals surface area contributed by atoms with Gasteiger partial charge in [0.1, 0.15) is 0 Å². The van der Waals surface area contributed by atoms with Crippen molar-refractivity contribution >= 4 is 11.9 Å². The Hall–Kier alpha value is -1.84. The number of carbonyl (C=O) groups is 2. The van der Waals surface area contributed by atoms with Crippen LogP contribution in [0.15, 0.2) is 12.1 Å². The summed E-state index contributed by atoms with van der Waals surface area (Å²) in [6.45, 7) is 8.84. The molecule has 0 saturated carbocycles. The number of carbonyl (C=O) groups excluding carboxylic acids is 1. The van der Waals surface area contributed by atoms with Crippen molar-refractivity contribution < 1.29 is 14.7 Å². The van der Waals surface area contributed by atoms with E-state index < -0.39 is 5.97 Å². The van der Waals surface area contributed by atoms with Crippen LogP contribution < -0.4 is 0 Å². The zero-order valence-electron chi connectivity index (χ0n) is 12.7. The van der Waals surface area contributed by atoms with Crippen molar-refractivity contribution in [2.45, 2.75) is 40.5 Å². The standard InChI is InChI=1S/C16H23NO3/c1-5-9-17(10-6-2)15(18)13-11(3)7-8-12(4)14(13)16(19)20/h7-8H,5-6,9-10H2,1-4H3,(H,19,20). The summed E-state index contributed by atoms with van der Waals surface area (Å²) in [4.78, 5) is 25.9. The lowest BCUT2D eigenvalue weighted by Crippen LogP contribution is -2.34. The number of hydrogen-bond donors (Lipinski definition) is 1. The van der Waals surface area contributed by atoms with Crippen LogP contribution in [0.5, 0.6) is 0 Å². The quantitative estimate of drug-likeness (QED) is 0.868. The number of carboxylic acid groups (broad SMARTS) is 1. The second kappa shape index (κ2) is 7.08. The number of hydrogen-bond acceptors (Lipinski definition) is 2. The Bertz CT molecular complexity index is 503. The van der Waals surface area contributed by atoms with Crippen molar-refractivity contribution in [1.29, 1.82) is 0 Å². The first-order valence-electron chi connectivity index (χ1n) is 7.06. The molecule has 0 atom stereocenters. The number of aromatic carboxylic acids is 1. The minimum atomic E-state index is -1.04. The second-order valence-electron chi connectivity index (χ2n) is 5.05. The smallest absolute Gasteiger partial charge is 0.336 e. The van der Waals surface area contributed by atoms with Crippen molar-refractivity contribution in [1.82, 2.24) is 4.90 Å². The molecule has 1 amide bonds. The fourth-order valence-corrected chi connectivity index (χ4v) is 2.38. The normalized spacial score (nSPS) is 10.4. The van der Waals surface area contributed by atoms with E-state index in [4.69, 9.17) is 0 Å². The highest BCUT2D eigenvalue weighted by atomic mass is 16.4. The maximum absolute atomic E-state index is 12.7. The van der Waals surface area contributed by atoms with Crippen LogP contribution in [-0.4, -0.2) is 35.0 Å². The molecule has 1 N–H and O–H groups in total. The van der Waals surface area contributed by atoms with Crippen LogP contribution in [0, 0.1) is 13.8 Å². The molecular weight excluding hydrogens is 254 g/mol. The lowest BCUT2D eigenvalue weighted by Gasteiger charge is -2.23. The van der Waals surface area contributed by atoms with E-state index in [-0.39, 0.29) is 11.5 Å². The van der Waals surface area contributed by atoms with Gasteiger partial charge < -0.3 is 10.0 Å². The lowest BCUT2D eigenvalue weighted by molar-refractivity contribution is 0.0673. The molecule has 0 aliphatic rings. The maximum atomic E-state index is 12.7. The summed E-state index contributed by atoms with van der Waals surface area (Å²) in [6.07, 6.45) is 1.72. The largest absolute Gasteiger partial charge is 0.478 e. The predicted octanol–water partition coefficient (Wildman–Crippen LogP) is 3.26. The molecule has 0 saturated heterocycles. The molecule has 4 heteroatoms. The Balaban J connectivity index is 3.33. The van der Waals surface area contributed by atoms with Crippen molar-refractivity contribution in [3.05, 3.63) is 34.4 Å². The molecule has 20 heavy (non-hydrogen) atoms. The molecule has 0 aromatic heterocycles. The minimum Gasteiger partial charge on any atom is -0.478 e. The van der Waals surface area contributed by atoms with Crippen LogP contribution >= 0.6 is 0 Å². The van der Waals surface area contributed by atoms with E-state index in [2.05, 4.69) is 0 Å². The van der Waals surface area contributed by atoms with E-state index in [9.17, 15) is 14.7 Å². The van der Waals surface area contributed by atoms with Gasteiger partial charge in [-0.25, -0.2) is 4.79 Å². The van der Waals surface area contributed by atoms with Gasteiger partial charge in [0.2, 0.25) is 0 Å². The minimum absolute atomic E-state index is 0.132. The molecule has 1 aromatic rings. The van der Waals surface area contributed by atoms with Crippen LogP contribution in [0.3, 0.4) is 0 Å². The van der Waals surface area contributed by atoms with Gasteiger partial charge in [0.15, 0.2) is 0 Å². The van der Waals surface area contributed by atoms with Crippen LogP contribution in [0.4, 0.5) is 0 Å². The first-order valence-corrected chi connectivity index (χ1v) is 7.06. The molecule has 4 nitrogen and oxygen atoms in total. The molecule has 0 fully saturated rings. The first kappa shape index (κ1) is 16.2. The fourth-order valence-electron chi connectivity index (χ4n) is 2.38. The van der Waals surface area contributed by atoms with Crippen molar-refractivity contribution in [3.63, 3.8) is 0 Å². The number of amides is 1. The highest BCUT2D eigenvalue weighted by Crippen LogP contribution is 2.21. The zero-order valence-corrected chi connectivity index (χ0v) is 12.7. The fraction of sp³-hybridized carbons (Fsp3) is 0.500. The molecule has 0 unspecified atom stereocenters. The molecule has 1 rings (SSSR count). The van der Waals surface area contributed by atoms with Crippen LogP contribution in [0.1, 0.15) is 58.5 Å². The number of aryl methyl sites for hydroxylation is 2. The van der Waals surface area contributed by atoms with E-state index in [1.54, 1.807) is 24.8 Å². The number of benzene rings is 1.